The van der Waals surface area contributed by atoms with Crippen molar-refractivity contribution in [1.82, 2.24) is 5.32 Å². The second kappa shape index (κ2) is 10.6. The van der Waals surface area contributed by atoms with E-state index < -0.39 is 11.4 Å². The SMILES string of the molecule is CCC(CC)(C(=O)O)C(=O)NC1CCCCC1.Cc1ccccc1C(C)(C)N. The van der Waals surface area contributed by atoms with Gasteiger partial charge >= 0.3 is 5.97 Å². The van der Waals surface area contributed by atoms with Crippen LogP contribution in [0, 0.1) is 12.3 Å². The summed E-state index contributed by atoms with van der Waals surface area (Å²) in [6.45, 7) is 9.66. The maximum atomic E-state index is 12.1. The number of amides is 1. The summed E-state index contributed by atoms with van der Waals surface area (Å²) < 4.78 is 0. The number of hydrogen-bond donors (Lipinski definition) is 3. The molecule has 1 aromatic carbocycles. The van der Waals surface area contributed by atoms with Crippen LogP contribution in [-0.4, -0.2) is 23.0 Å². The molecule has 0 spiro atoms. The van der Waals surface area contributed by atoms with Crippen LogP contribution in [0.2, 0.25) is 0 Å². The molecule has 0 aromatic heterocycles. The van der Waals surface area contributed by atoms with E-state index in [1.807, 2.05) is 26.0 Å². The van der Waals surface area contributed by atoms with Gasteiger partial charge in [0.15, 0.2) is 0 Å². The van der Waals surface area contributed by atoms with E-state index in [2.05, 4.69) is 24.4 Å². The van der Waals surface area contributed by atoms with Crippen LogP contribution in [0.1, 0.15) is 83.8 Å². The van der Waals surface area contributed by atoms with Gasteiger partial charge in [0.2, 0.25) is 5.91 Å². The van der Waals surface area contributed by atoms with Gasteiger partial charge in [-0.1, -0.05) is 57.4 Å². The average molecular weight is 391 g/mol. The first-order chi connectivity index (χ1) is 13.1. The van der Waals surface area contributed by atoms with Crippen LogP contribution >= 0.6 is 0 Å². The Bertz CT molecular complexity index is 639. The fourth-order valence-corrected chi connectivity index (χ4v) is 3.84. The molecule has 5 nitrogen and oxygen atoms in total. The van der Waals surface area contributed by atoms with Gasteiger partial charge in [0.25, 0.3) is 0 Å². The maximum Gasteiger partial charge on any atom is 0.319 e. The number of hydrogen-bond acceptors (Lipinski definition) is 3. The number of nitrogens with two attached hydrogens (primary N) is 1. The van der Waals surface area contributed by atoms with Crippen molar-refractivity contribution in [3.63, 3.8) is 0 Å². The first-order valence-corrected chi connectivity index (χ1v) is 10.5. The third-order valence-corrected chi connectivity index (χ3v) is 5.83. The van der Waals surface area contributed by atoms with Crippen molar-refractivity contribution in [3.05, 3.63) is 35.4 Å². The van der Waals surface area contributed by atoms with Gasteiger partial charge in [-0.25, -0.2) is 0 Å². The Morgan fingerprint density at radius 2 is 1.64 bits per heavy atom. The molecular formula is C23H38N2O3. The molecule has 1 saturated carbocycles. The van der Waals surface area contributed by atoms with Gasteiger partial charge in [-0.15, -0.1) is 0 Å². The largest absolute Gasteiger partial charge is 0.480 e. The number of nitrogens with one attached hydrogen (secondary N) is 1. The van der Waals surface area contributed by atoms with Crippen molar-refractivity contribution in [2.45, 2.75) is 91.1 Å². The highest BCUT2D eigenvalue weighted by Crippen LogP contribution is 2.28. The first-order valence-electron chi connectivity index (χ1n) is 10.5. The minimum absolute atomic E-state index is 0.174. The van der Waals surface area contributed by atoms with Crippen LogP contribution in [0.15, 0.2) is 24.3 Å². The number of benzene rings is 1. The van der Waals surface area contributed by atoms with Gasteiger partial charge in [-0.2, -0.15) is 0 Å². The van der Waals surface area contributed by atoms with Crippen LogP contribution in [-0.2, 0) is 15.1 Å². The van der Waals surface area contributed by atoms with Crippen molar-refractivity contribution in [3.8, 4) is 0 Å². The predicted molar refractivity (Wildman–Crippen MR) is 114 cm³/mol. The van der Waals surface area contributed by atoms with E-state index in [4.69, 9.17) is 5.73 Å². The smallest absolute Gasteiger partial charge is 0.319 e. The van der Waals surface area contributed by atoms with Crippen molar-refractivity contribution in [2.24, 2.45) is 11.1 Å². The summed E-state index contributed by atoms with van der Waals surface area (Å²) in [7, 11) is 0. The van der Waals surface area contributed by atoms with Crippen LogP contribution in [0.3, 0.4) is 0 Å². The molecule has 1 aromatic rings. The summed E-state index contributed by atoms with van der Waals surface area (Å²) in [6.07, 6.45) is 6.13. The molecule has 1 aliphatic rings. The predicted octanol–water partition coefficient (Wildman–Crippen LogP) is 4.52. The zero-order chi connectivity index (χ0) is 21.4. The van der Waals surface area contributed by atoms with E-state index in [1.165, 1.54) is 17.5 Å². The van der Waals surface area contributed by atoms with Crippen molar-refractivity contribution in [1.29, 1.82) is 0 Å². The Morgan fingerprint density at radius 1 is 1.11 bits per heavy atom. The molecule has 1 amide bonds. The highest BCUT2D eigenvalue weighted by atomic mass is 16.4. The van der Waals surface area contributed by atoms with E-state index in [-0.39, 0.29) is 17.5 Å². The monoisotopic (exact) mass is 390 g/mol. The van der Waals surface area contributed by atoms with Crippen molar-refractivity contribution >= 4 is 11.9 Å². The van der Waals surface area contributed by atoms with Crippen molar-refractivity contribution in [2.75, 3.05) is 0 Å². The zero-order valence-corrected chi connectivity index (χ0v) is 18.2. The summed E-state index contributed by atoms with van der Waals surface area (Å²) >= 11 is 0. The maximum absolute atomic E-state index is 12.1. The quantitative estimate of drug-likeness (QED) is 0.623. The highest BCUT2D eigenvalue weighted by molar-refractivity contribution is 6.01. The Morgan fingerprint density at radius 3 is 2.04 bits per heavy atom. The van der Waals surface area contributed by atoms with Gasteiger partial charge in [-0.05, 0) is 57.6 Å². The summed E-state index contributed by atoms with van der Waals surface area (Å²) in [5.41, 5.74) is 6.99. The van der Waals surface area contributed by atoms with Crippen LogP contribution in [0.4, 0.5) is 0 Å². The summed E-state index contributed by atoms with van der Waals surface area (Å²) in [5.74, 6) is -1.31. The van der Waals surface area contributed by atoms with E-state index in [0.29, 0.717) is 12.8 Å². The fraction of sp³-hybridized carbons (Fsp3) is 0.652. The molecule has 0 bridgehead atoms. The minimum atomic E-state index is -1.24. The molecule has 0 radical (unpaired) electrons. The zero-order valence-electron chi connectivity index (χ0n) is 18.2. The standard InChI is InChI=1S/C13H23NO3.C10H15N/c1-3-13(4-2,12(16)17)11(15)14-10-8-6-5-7-9-10;1-8-6-4-5-7-9(8)10(2,3)11/h10H,3-9H2,1-2H3,(H,14,15)(H,16,17);4-7H,11H2,1-3H3. The topological polar surface area (TPSA) is 92.4 Å². The van der Waals surface area contributed by atoms with Crippen molar-refractivity contribution < 1.29 is 14.7 Å². The third-order valence-electron chi connectivity index (χ3n) is 5.83. The molecule has 5 heteroatoms. The fourth-order valence-electron chi connectivity index (χ4n) is 3.84. The summed E-state index contributed by atoms with van der Waals surface area (Å²) in [6, 6.07) is 8.40. The molecule has 158 valence electrons. The first kappa shape index (κ1) is 24.2. The Labute approximate surface area is 170 Å². The number of carboxylic acid groups (broad SMARTS) is 1. The number of aryl methyl sites for hydroxylation is 1. The van der Waals surface area contributed by atoms with Gasteiger partial charge in [-0.3, -0.25) is 9.59 Å². The summed E-state index contributed by atoms with van der Waals surface area (Å²) in [4.78, 5) is 23.5. The molecule has 0 aliphatic heterocycles. The van der Waals surface area contributed by atoms with E-state index in [1.54, 1.807) is 13.8 Å². The molecule has 0 atom stereocenters. The van der Waals surface area contributed by atoms with Crippen LogP contribution < -0.4 is 11.1 Å². The van der Waals surface area contributed by atoms with Crippen LogP contribution in [0.25, 0.3) is 0 Å². The molecule has 0 saturated heterocycles. The highest BCUT2D eigenvalue weighted by Gasteiger charge is 2.43. The number of carboxylic acids is 1. The number of aliphatic carboxylic acids is 1. The van der Waals surface area contributed by atoms with Gasteiger partial charge < -0.3 is 16.2 Å². The number of carbonyl (C=O) groups is 2. The lowest BCUT2D eigenvalue weighted by Crippen LogP contribution is -2.49. The van der Waals surface area contributed by atoms with E-state index in [9.17, 15) is 14.7 Å². The molecule has 2 rings (SSSR count). The van der Waals surface area contributed by atoms with Crippen LogP contribution in [0.5, 0.6) is 0 Å². The molecule has 1 fully saturated rings. The lowest BCUT2D eigenvalue weighted by Gasteiger charge is -2.30. The number of rotatable bonds is 6. The average Bonchev–Trinajstić information content (AvgIpc) is 2.64. The minimum Gasteiger partial charge on any atom is -0.480 e. The van der Waals surface area contributed by atoms with Gasteiger partial charge in [0.1, 0.15) is 5.41 Å². The molecule has 0 unspecified atom stereocenters. The van der Waals surface area contributed by atoms with Gasteiger partial charge in [0, 0.05) is 11.6 Å². The lowest BCUT2D eigenvalue weighted by atomic mass is 9.81. The Balaban J connectivity index is 0.000000307. The second-order valence-corrected chi connectivity index (χ2v) is 8.44. The Hall–Kier alpha value is -1.88. The molecular weight excluding hydrogens is 352 g/mol. The number of carbonyl (C=O) groups excluding carboxylic acids is 1. The Kier molecular flexibility index (Phi) is 9.15. The molecule has 0 heterocycles. The summed E-state index contributed by atoms with van der Waals surface area (Å²) in [5, 5.41) is 12.2. The second-order valence-electron chi connectivity index (χ2n) is 8.44. The third kappa shape index (κ3) is 6.33. The molecule has 4 N–H and O–H groups in total. The molecule has 1 aliphatic carbocycles. The van der Waals surface area contributed by atoms with Gasteiger partial charge in [0.05, 0.1) is 0 Å². The molecule has 28 heavy (non-hydrogen) atoms. The normalized spacial score (nSPS) is 15.4. The lowest BCUT2D eigenvalue weighted by molar-refractivity contribution is -0.156. The van der Waals surface area contributed by atoms with E-state index >= 15 is 0 Å². The van der Waals surface area contributed by atoms with E-state index in [0.717, 1.165) is 25.7 Å².